The van der Waals surface area contributed by atoms with E-state index >= 15 is 0 Å². The van der Waals surface area contributed by atoms with Gasteiger partial charge in [-0.15, -0.1) is 0 Å². The smallest absolute Gasteiger partial charge is 0.134 e. The van der Waals surface area contributed by atoms with Crippen molar-refractivity contribution in [3.63, 3.8) is 0 Å². The predicted octanol–water partition coefficient (Wildman–Crippen LogP) is 4.52. The Hall–Kier alpha value is -0.630. The van der Waals surface area contributed by atoms with Gasteiger partial charge in [-0.25, -0.2) is 0 Å². The first kappa shape index (κ1) is 15.9. The lowest BCUT2D eigenvalue weighted by Gasteiger charge is -2.59. The molecule has 2 nitrogen and oxygen atoms in total. The number of aliphatic hydroxyl groups excluding tert-OH is 1. The summed E-state index contributed by atoms with van der Waals surface area (Å²) >= 11 is 0. The molecule has 2 heteroatoms. The number of ketones is 1. The number of carbonyl (C=O) groups is 1. The van der Waals surface area contributed by atoms with Gasteiger partial charge in [-0.05, 0) is 86.9 Å². The molecule has 0 aromatic heterocycles. The third-order valence-corrected chi connectivity index (χ3v) is 8.53. The highest BCUT2D eigenvalue weighted by Gasteiger charge is 2.57. The predicted molar refractivity (Wildman–Crippen MR) is 91.9 cm³/mol. The molecular formula is C21H32O2. The van der Waals surface area contributed by atoms with Gasteiger partial charge < -0.3 is 5.11 Å². The van der Waals surface area contributed by atoms with Crippen LogP contribution in [0.15, 0.2) is 11.6 Å². The molecule has 0 aliphatic heterocycles. The van der Waals surface area contributed by atoms with Crippen LogP contribution in [0.1, 0.15) is 72.1 Å². The molecule has 4 aliphatic rings. The molecule has 0 aromatic rings. The van der Waals surface area contributed by atoms with E-state index in [1.54, 1.807) is 12.5 Å². The molecule has 128 valence electrons. The number of fused-ring (bicyclic) bond motifs is 5. The summed E-state index contributed by atoms with van der Waals surface area (Å²) < 4.78 is 0. The van der Waals surface area contributed by atoms with Gasteiger partial charge in [0.15, 0.2) is 0 Å². The summed E-state index contributed by atoms with van der Waals surface area (Å²) in [6, 6.07) is 0. The second-order valence-electron chi connectivity index (χ2n) is 9.44. The van der Waals surface area contributed by atoms with E-state index in [1.165, 1.54) is 32.1 Å². The average molecular weight is 316 g/mol. The van der Waals surface area contributed by atoms with Crippen LogP contribution in [0.4, 0.5) is 0 Å². The standard InChI is InChI=1S/C21H32O2/c1-13(22)17-6-7-18-16-5-4-14-12-15(23)8-10-20(14,2)19(16)9-11-21(17,18)3/h7,14-17,19,23H,4-6,8-12H2,1-3H3/t14-,15+,16-,17+,19-,20-,21+/m0/s1. The lowest BCUT2D eigenvalue weighted by molar-refractivity contribution is -0.125. The molecule has 0 unspecified atom stereocenters. The molecule has 0 heterocycles. The zero-order valence-electron chi connectivity index (χ0n) is 15.0. The molecule has 1 N–H and O–H groups in total. The first-order valence-electron chi connectivity index (χ1n) is 9.75. The van der Waals surface area contributed by atoms with Gasteiger partial charge in [0, 0.05) is 5.92 Å². The summed E-state index contributed by atoms with van der Waals surface area (Å²) in [6.07, 6.45) is 11.6. The Morgan fingerprint density at radius 2 is 1.96 bits per heavy atom. The Kier molecular flexibility index (Phi) is 3.58. The molecule has 4 rings (SSSR count). The molecule has 0 bridgehead atoms. The van der Waals surface area contributed by atoms with Crippen molar-refractivity contribution in [2.45, 2.75) is 78.2 Å². The van der Waals surface area contributed by atoms with E-state index in [9.17, 15) is 9.90 Å². The van der Waals surface area contributed by atoms with E-state index in [-0.39, 0.29) is 17.4 Å². The largest absolute Gasteiger partial charge is 0.393 e. The van der Waals surface area contributed by atoms with Crippen LogP contribution in [-0.4, -0.2) is 17.0 Å². The minimum Gasteiger partial charge on any atom is -0.393 e. The molecule has 3 saturated carbocycles. The van der Waals surface area contributed by atoms with Gasteiger partial charge >= 0.3 is 0 Å². The Morgan fingerprint density at radius 1 is 1.17 bits per heavy atom. The lowest BCUT2D eigenvalue weighted by atomic mass is 9.46. The minimum atomic E-state index is -0.0636. The second kappa shape index (κ2) is 5.18. The number of allylic oxidation sites excluding steroid dienone is 2. The summed E-state index contributed by atoms with van der Waals surface area (Å²) in [5.41, 5.74) is 2.20. The van der Waals surface area contributed by atoms with E-state index in [2.05, 4.69) is 19.9 Å². The molecule has 0 spiro atoms. The molecule has 4 aliphatic carbocycles. The van der Waals surface area contributed by atoms with Crippen molar-refractivity contribution in [1.82, 2.24) is 0 Å². The van der Waals surface area contributed by atoms with Crippen LogP contribution in [0.5, 0.6) is 0 Å². The Labute approximate surface area is 140 Å². The molecule has 0 aromatic carbocycles. The molecule has 3 fully saturated rings. The summed E-state index contributed by atoms with van der Waals surface area (Å²) in [4.78, 5) is 12.1. The van der Waals surface area contributed by atoms with Crippen molar-refractivity contribution < 1.29 is 9.90 Å². The normalized spacial score (nSPS) is 52.2. The van der Waals surface area contributed by atoms with E-state index in [1.807, 2.05) is 0 Å². The maximum absolute atomic E-state index is 12.1. The number of hydrogen-bond acceptors (Lipinski definition) is 2. The summed E-state index contributed by atoms with van der Waals surface area (Å²) in [6.45, 7) is 6.67. The average Bonchev–Trinajstić information content (AvgIpc) is 2.85. The zero-order chi connectivity index (χ0) is 16.4. The van der Waals surface area contributed by atoms with Crippen molar-refractivity contribution in [3.05, 3.63) is 11.6 Å². The Balaban J connectivity index is 1.64. The molecule has 0 radical (unpaired) electrons. The van der Waals surface area contributed by atoms with Crippen molar-refractivity contribution in [3.8, 4) is 0 Å². The van der Waals surface area contributed by atoms with Crippen molar-refractivity contribution in [1.29, 1.82) is 0 Å². The van der Waals surface area contributed by atoms with Crippen LogP contribution in [0, 0.1) is 34.5 Å². The third kappa shape index (κ3) is 2.13. The molecule has 0 amide bonds. The second-order valence-corrected chi connectivity index (χ2v) is 9.44. The lowest BCUT2D eigenvalue weighted by Crippen LogP contribution is -2.52. The molecule has 23 heavy (non-hydrogen) atoms. The number of aliphatic hydroxyl groups is 1. The van der Waals surface area contributed by atoms with Crippen LogP contribution in [0.2, 0.25) is 0 Å². The number of hydrogen-bond donors (Lipinski definition) is 1. The van der Waals surface area contributed by atoms with E-state index in [0.717, 1.165) is 25.2 Å². The van der Waals surface area contributed by atoms with Gasteiger partial charge in [-0.3, -0.25) is 4.79 Å². The first-order chi connectivity index (χ1) is 10.9. The monoisotopic (exact) mass is 316 g/mol. The summed E-state index contributed by atoms with van der Waals surface area (Å²) in [5.74, 6) is 2.81. The van der Waals surface area contributed by atoms with Crippen LogP contribution >= 0.6 is 0 Å². The molecular weight excluding hydrogens is 284 g/mol. The number of Topliss-reactive ketones (excluding diaryl/α,β-unsaturated/α-hetero) is 1. The van der Waals surface area contributed by atoms with Crippen LogP contribution < -0.4 is 0 Å². The Bertz CT molecular complexity index is 550. The topological polar surface area (TPSA) is 37.3 Å². The van der Waals surface area contributed by atoms with Crippen molar-refractivity contribution in [2.24, 2.45) is 34.5 Å². The zero-order valence-corrected chi connectivity index (χ0v) is 15.0. The van der Waals surface area contributed by atoms with Gasteiger partial charge in [-0.2, -0.15) is 0 Å². The third-order valence-electron chi connectivity index (χ3n) is 8.53. The molecule has 0 saturated heterocycles. The van der Waals surface area contributed by atoms with Crippen LogP contribution in [0.25, 0.3) is 0 Å². The van der Waals surface area contributed by atoms with E-state index in [4.69, 9.17) is 0 Å². The van der Waals surface area contributed by atoms with Gasteiger partial charge in [0.1, 0.15) is 5.78 Å². The highest BCUT2D eigenvalue weighted by atomic mass is 16.3. The fourth-order valence-electron chi connectivity index (χ4n) is 7.18. The maximum atomic E-state index is 12.1. The highest BCUT2D eigenvalue weighted by molar-refractivity contribution is 5.80. The van der Waals surface area contributed by atoms with Gasteiger partial charge in [0.2, 0.25) is 0 Å². The van der Waals surface area contributed by atoms with Crippen LogP contribution in [0.3, 0.4) is 0 Å². The summed E-state index contributed by atoms with van der Waals surface area (Å²) in [7, 11) is 0. The summed E-state index contributed by atoms with van der Waals surface area (Å²) in [5, 5.41) is 10.1. The minimum absolute atomic E-state index is 0.0636. The van der Waals surface area contributed by atoms with E-state index in [0.29, 0.717) is 23.0 Å². The van der Waals surface area contributed by atoms with Gasteiger partial charge in [-0.1, -0.05) is 25.5 Å². The quantitative estimate of drug-likeness (QED) is 0.722. The maximum Gasteiger partial charge on any atom is 0.134 e. The fraction of sp³-hybridized carbons (Fsp3) is 0.857. The SMILES string of the molecule is CC(=O)[C@H]1CC=C2[C@@H]3CC[C@H]4C[C@H](O)CC[C@]4(C)[C@H]3CC[C@@]21C. The van der Waals surface area contributed by atoms with Crippen LogP contribution in [-0.2, 0) is 4.79 Å². The van der Waals surface area contributed by atoms with Gasteiger partial charge in [0.05, 0.1) is 6.10 Å². The molecule has 7 atom stereocenters. The fourth-order valence-corrected chi connectivity index (χ4v) is 7.18. The number of rotatable bonds is 1. The first-order valence-corrected chi connectivity index (χ1v) is 9.75. The van der Waals surface area contributed by atoms with E-state index < -0.39 is 0 Å². The van der Waals surface area contributed by atoms with Crippen molar-refractivity contribution in [2.75, 3.05) is 0 Å². The highest BCUT2D eigenvalue weighted by Crippen LogP contribution is 2.65. The van der Waals surface area contributed by atoms with Crippen molar-refractivity contribution >= 4 is 5.78 Å². The number of carbonyl (C=O) groups excluding carboxylic acids is 1. The Morgan fingerprint density at radius 3 is 2.70 bits per heavy atom. The van der Waals surface area contributed by atoms with Gasteiger partial charge in [0.25, 0.3) is 0 Å².